The number of rotatable bonds is 6. The third-order valence-electron chi connectivity index (χ3n) is 7.10. The molecule has 4 fully saturated rings. The van der Waals surface area contributed by atoms with E-state index < -0.39 is 0 Å². The van der Waals surface area contributed by atoms with Crippen molar-refractivity contribution < 1.29 is 14.3 Å². The number of anilines is 1. The van der Waals surface area contributed by atoms with Crippen molar-refractivity contribution in [2.24, 2.45) is 23.2 Å². The quantitative estimate of drug-likeness (QED) is 0.657. The Morgan fingerprint density at radius 2 is 1.73 bits per heavy atom. The highest BCUT2D eigenvalue weighted by Gasteiger charge is 2.54. The van der Waals surface area contributed by atoms with Gasteiger partial charge in [0.2, 0.25) is 5.91 Å². The molecule has 0 aliphatic heterocycles. The van der Waals surface area contributed by atoms with Crippen molar-refractivity contribution >= 4 is 28.3 Å². The number of hydrogen-bond acceptors (Lipinski definition) is 5. The SMILES string of the molecule is CCOC(=O)Cc1sc(NC(=O)C23CC4CC(CC(C4)C2)C3)nc1-c1ccccc1. The van der Waals surface area contributed by atoms with Crippen molar-refractivity contribution in [3.05, 3.63) is 35.2 Å². The molecule has 4 aliphatic rings. The number of aromatic nitrogens is 1. The Kier molecular flexibility index (Phi) is 5.13. The van der Waals surface area contributed by atoms with Gasteiger partial charge in [0.1, 0.15) is 0 Å². The fourth-order valence-corrected chi connectivity index (χ4v) is 7.27. The first-order chi connectivity index (χ1) is 14.5. The fraction of sp³-hybridized carbons (Fsp3) is 0.542. The van der Waals surface area contributed by atoms with Gasteiger partial charge in [-0.2, -0.15) is 0 Å². The van der Waals surface area contributed by atoms with Crippen LogP contribution in [0.15, 0.2) is 30.3 Å². The molecule has 2 aromatic rings. The molecule has 1 aromatic carbocycles. The van der Waals surface area contributed by atoms with E-state index in [4.69, 9.17) is 9.72 Å². The number of hydrogen-bond donors (Lipinski definition) is 1. The highest BCUT2D eigenvalue weighted by molar-refractivity contribution is 7.16. The van der Waals surface area contributed by atoms with Gasteiger partial charge >= 0.3 is 5.97 Å². The number of amides is 1. The van der Waals surface area contributed by atoms with E-state index in [0.717, 1.165) is 53.2 Å². The molecule has 0 unspecified atom stereocenters. The lowest BCUT2D eigenvalue weighted by atomic mass is 9.49. The van der Waals surface area contributed by atoms with E-state index in [0.29, 0.717) is 11.7 Å². The Balaban J connectivity index is 1.40. The molecular formula is C24H28N2O3S. The highest BCUT2D eigenvalue weighted by atomic mass is 32.1. The molecule has 6 heteroatoms. The second-order valence-corrected chi connectivity index (χ2v) is 10.4. The predicted molar refractivity (Wildman–Crippen MR) is 117 cm³/mol. The van der Waals surface area contributed by atoms with Crippen LogP contribution in [0.4, 0.5) is 5.13 Å². The highest BCUT2D eigenvalue weighted by Crippen LogP contribution is 2.60. The maximum atomic E-state index is 13.4. The van der Waals surface area contributed by atoms with Gasteiger partial charge in [-0.3, -0.25) is 9.59 Å². The fourth-order valence-electron chi connectivity index (χ4n) is 6.31. The van der Waals surface area contributed by atoms with Crippen molar-refractivity contribution in [2.75, 3.05) is 11.9 Å². The largest absolute Gasteiger partial charge is 0.466 e. The Hall–Kier alpha value is -2.21. The zero-order valence-corrected chi connectivity index (χ0v) is 18.2. The van der Waals surface area contributed by atoms with Crippen molar-refractivity contribution in [2.45, 2.75) is 51.9 Å². The van der Waals surface area contributed by atoms with Gasteiger partial charge in [-0.05, 0) is 63.2 Å². The average Bonchev–Trinajstić information content (AvgIpc) is 3.10. The van der Waals surface area contributed by atoms with E-state index in [2.05, 4.69) is 5.32 Å². The van der Waals surface area contributed by atoms with Crippen LogP contribution >= 0.6 is 11.3 Å². The van der Waals surface area contributed by atoms with Gasteiger partial charge in [0, 0.05) is 10.4 Å². The van der Waals surface area contributed by atoms with E-state index in [1.807, 2.05) is 30.3 Å². The van der Waals surface area contributed by atoms with E-state index in [1.54, 1.807) is 6.92 Å². The van der Waals surface area contributed by atoms with Crippen LogP contribution in [0.1, 0.15) is 50.3 Å². The van der Waals surface area contributed by atoms with Gasteiger partial charge in [0.15, 0.2) is 5.13 Å². The molecule has 5 nitrogen and oxygen atoms in total. The molecule has 4 bridgehead atoms. The van der Waals surface area contributed by atoms with E-state index in [1.165, 1.54) is 30.6 Å². The van der Waals surface area contributed by atoms with Crippen LogP contribution in [0, 0.1) is 23.2 Å². The molecule has 4 saturated carbocycles. The Morgan fingerprint density at radius 3 is 2.33 bits per heavy atom. The van der Waals surface area contributed by atoms with E-state index in [-0.39, 0.29) is 23.7 Å². The zero-order valence-electron chi connectivity index (χ0n) is 17.4. The number of nitrogens with zero attached hydrogens (tertiary/aromatic N) is 1. The summed E-state index contributed by atoms with van der Waals surface area (Å²) in [5.74, 6) is 2.03. The molecule has 1 heterocycles. The van der Waals surface area contributed by atoms with Crippen LogP contribution in [-0.2, 0) is 20.7 Å². The summed E-state index contributed by atoms with van der Waals surface area (Å²) in [4.78, 5) is 31.1. The van der Waals surface area contributed by atoms with Crippen LogP contribution in [0.25, 0.3) is 11.3 Å². The molecule has 0 atom stereocenters. The average molecular weight is 425 g/mol. The predicted octanol–water partition coefficient (Wildman–Crippen LogP) is 5.07. The van der Waals surface area contributed by atoms with Crippen molar-refractivity contribution in [1.82, 2.24) is 4.98 Å². The van der Waals surface area contributed by atoms with Crippen LogP contribution in [-0.4, -0.2) is 23.5 Å². The summed E-state index contributed by atoms with van der Waals surface area (Å²) < 4.78 is 5.14. The summed E-state index contributed by atoms with van der Waals surface area (Å²) in [6, 6.07) is 9.83. The number of carbonyl (C=O) groups is 2. The molecule has 4 aliphatic carbocycles. The maximum absolute atomic E-state index is 13.4. The number of esters is 1. The summed E-state index contributed by atoms with van der Waals surface area (Å²) in [6.07, 6.45) is 7.18. The monoisotopic (exact) mass is 424 g/mol. The van der Waals surface area contributed by atoms with Crippen LogP contribution in [0.5, 0.6) is 0 Å². The maximum Gasteiger partial charge on any atom is 0.311 e. The lowest BCUT2D eigenvalue weighted by Gasteiger charge is -2.55. The standard InChI is InChI=1S/C24H28N2O3S/c1-2-29-20(27)11-19-21(18-6-4-3-5-7-18)25-23(30-19)26-22(28)24-12-15-8-16(13-24)10-17(9-15)14-24/h3-7,15-17H,2,8-14H2,1H3,(H,25,26,28). The van der Waals surface area contributed by atoms with Gasteiger partial charge in [-0.1, -0.05) is 30.3 Å². The molecule has 6 rings (SSSR count). The van der Waals surface area contributed by atoms with Gasteiger partial charge < -0.3 is 10.1 Å². The number of ether oxygens (including phenoxy) is 1. The van der Waals surface area contributed by atoms with Crippen molar-refractivity contribution in [3.63, 3.8) is 0 Å². The number of benzene rings is 1. The van der Waals surface area contributed by atoms with Crippen LogP contribution < -0.4 is 5.32 Å². The minimum absolute atomic E-state index is 0.137. The molecule has 1 N–H and O–H groups in total. The molecule has 0 spiro atoms. The first kappa shape index (κ1) is 19.7. The normalized spacial score (nSPS) is 29.0. The summed E-state index contributed by atoms with van der Waals surface area (Å²) in [5, 5.41) is 3.74. The number of thiazole rings is 1. The molecule has 1 aromatic heterocycles. The summed E-state index contributed by atoms with van der Waals surface area (Å²) >= 11 is 1.40. The third-order valence-corrected chi connectivity index (χ3v) is 8.07. The lowest BCUT2D eigenvalue weighted by molar-refractivity contribution is -0.142. The molecule has 158 valence electrons. The smallest absolute Gasteiger partial charge is 0.311 e. The van der Waals surface area contributed by atoms with Crippen LogP contribution in [0.2, 0.25) is 0 Å². The van der Waals surface area contributed by atoms with Gasteiger partial charge in [-0.25, -0.2) is 4.98 Å². The van der Waals surface area contributed by atoms with Crippen molar-refractivity contribution in [1.29, 1.82) is 0 Å². The molecule has 30 heavy (non-hydrogen) atoms. The molecule has 1 amide bonds. The second-order valence-electron chi connectivity index (χ2n) is 9.29. The molecular weight excluding hydrogens is 396 g/mol. The molecule has 0 saturated heterocycles. The third kappa shape index (κ3) is 3.66. The van der Waals surface area contributed by atoms with Gasteiger partial charge in [-0.15, -0.1) is 11.3 Å². The zero-order chi connectivity index (χ0) is 20.7. The summed E-state index contributed by atoms with van der Waals surface area (Å²) in [7, 11) is 0. The van der Waals surface area contributed by atoms with E-state index >= 15 is 0 Å². The summed E-state index contributed by atoms with van der Waals surface area (Å²) in [6.45, 7) is 2.16. The Bertz CT molecular complexity index is 917. The van der Waals surface area contributed by atoms with Gasteiger partial charge in [0.25, 0.3) is 0 Å². The topological polar surface area (TPSA) is 68.3 Å². The minimum atomic E-state index is -0.266. The van der Waals surface area contributed by atoms with Gasteiger partial charge in [0.05, 0.1) is 24.1 Å². The lowest BCUT2D eigenvalue weighted by Crippen LogP contribution is -2.51. The van der Waals surface area contributed by atoms with E-state index in [9.17, 15) is 9.59 Å². The Morgan fingerprint density at radius 1 is 1.10 bits per heavy atom. The second kappa shape index (κ2) is 7.80. The first-order valence-electron chi connectivity index (χ1n) is 11.1. The van der Waals surface area contributed by atoms with Crippen LogP contribution in [0.3, 0.4) is 0 Å². The van der Waals surface area contributed by atoms with Crippen molar-refractivity contribution in [3.8, 4) is 11.3 Å². The first-order valence-corrected chi connectivity index (χ1v) is 11.9. The summed E-state index contributed by atoms with van der Waals surface area (Å²) in [5.41, 5.74) is 1.49. The minimum Gasteiger partial charge on any atom is -0.466 e. The molecule has 0 radical (unpaired) electrons. The number of carbonyl (C=O) groups excluding carboxylic acids is 2. The number of nitrogens with one attached hydrogen (secondary N) is 1. The Labute approximate surface area is 181 Å².